The third kappa shape index (κ3) is 7.67. The lowest BCUT2D eigenvalue weighted by atomic mass is 10.1. The SMILES string of the molecule is CC(N)=NCCC[C@H](NC(=O)CN1C(=O)C(NS(C)(=O)=O)CCc2ccccc21)C(=O)c1nccs1. The minimum atomic E-state index is -3.65. The van der Waals surface area contributed by atoms with E-state index in [0.717, 1.165) is 11.8 Å². The van der Waals surface area contributed by atoms with Crippen molar-refractivity contribution in [2.45, 2.75) is 44.7 Å². The number of sulfonamides is 1. The number of nitrogens with one attached hydrogen (secondary N) is 2. The summed E-state index contributed by atoms with van der Waals surface area (Å²) in [5.74, 6) is -0.980. The van der Waals surface area contributed by atoms with Gasteiger partial charge >= 0.3 is 0 Å². The molecule has 1 unspecified atom stereocenters. The first kappa shape index (κ1) is 27.4. The molecule has 3 rings (SSSR count). The molecule has 1 aromatic carbocycles. The highest BCUT2D eigenvalue weighted by atomic mass is 32.2. The molecule has 2 amide bonds. The van der Waals surface area contributed by atoms with Crippen LogP contribution < -0.4 is 20.7 Å². The van der Waals surface area contributed by atoms with Crippen LogP contribution in [0.2, 0.25) is 0 Å². The molecule has 2 aromatic rings. The Hall–Kier alpha value is -3.16. The van der Waals surface area contributed by atoms with E-state index in [4.69, 9.17) is 5.73 Å². The molecule has 0 spiro atoms. The van der Waals surface area contributed by atoms with Crippen molar-refractivity contribution in [3.05, 3.63) is 46.4 Å². The van der Waals surface area contributed by atoms with Gasteiger partial charge in [-0.15, -0.1) is 11.3 Å². The van der Waals surface area contributed by atoms with Crippen LogP contribution in [0.5, 0.6) is 0 Å². The maximum atomic E-state index is 13.3. The molecule has 1 aliphatic rings. The van der Waals surface area contributed by atoms with Crippen LogP contribution in [0.4, 0.5) is 5.69 Å². The fourth-order valence-corrected chi connectivity index (χ4v) is 5.31. The van der Waals surface area contributed by atoms with Crippen molar-refractivity contribution in [2.75, 3.05) is 24.2 Å². The number of amidine groups is 1. The van der Waals surface area contributed by atoms with Crippen LogP contribution in [0.1, 0.15) is 41.6 Å². The number of aromatic nitrogens is 1. The number of Topliss-reactive ketones (excluding diaryl/α,β-unsaturated/α-hetero) is 1. The van der Waals surface area contributed by atoms with E-state index in [2.05, 4.69) is 20.0 Å². The summed E-state index contributed by atoms with van der Waals surface area (Å²) in [6, 6.07) is 5.25. The standard InChI is InChI=1S/C23H30N6O5S2/c1-15(24)25-11-5-7-17(21(31)22-26-12-13-35-22)27-20(30)14-29-19-8-4-3-6-16(19)9-10-18(23(29)32)28-36(2,33)34/h3-4,6,8,12-13,17-18,28H,5,7,9-11,14H2,1-2H3,(H2,24,25)(H,27,30)/t17-,18?/m0/s1. The lowest BCUT2D eigenvalue weighted by Crippen LogP contribution is -2.52. The average Bonchev–Trinajstić information content (AvgIpc) is 3.32. The number of para-hydroxylation sites is 1. The molecule has 194 valence electrons. The minimum Gasteiger partial charge on any atom is -0.388 e. The van der Waals surface area contributed by atoms with Gasteiger partial charge in [0.2, 0.25) is 27.6 Å². The number of thiazole rings is 1. The third-order valence-corrected chi connectivity index (χ3v) is 7.01. The molecular formula is C23H30N6O5S2. The van der Waals surface area contributed by atoms with Crippen molar-refractivity contribution in [1.82, 2.24) is 15.0 Å². The van der Waals surface area contributed by atoms with Crippen LogP contribution in [-0.4, -0.2) is 68.3 Å². The molecule has 36 heavy (non-hydrogen) atoms. The minimum absolute atomic E-state index is 0.257. The summed E-state index contributed by atoms with van der Waals surface area (Å²) in [6.45, 7) is 1.69. The first-order valence-electron chi connectivity index (χ1n) is 11.4. The number of rotatable bonds is 11. The number of fused-ring (bicyclic) bond motifs is 1. The van der Waals surface area contributed by atoms with E-state index < -0.39 is 33.9 Å². The molecule has 1 aromatic heterocycles. The maximum Gasteiger partial charge on any atom is 0.245 e. The first-order chi connectivity index (χ1) is 17.0. The molecule has 0 bridgehead atoms. The van der Waals surface area contributed by atoms with Gasteiger partial charge in [0, 0.05) is 23.8 Å². The zero-order valence-electron chi connectivity index (χ0n) is 20.1. The predicted octanol–water partition coefficient (Wildman–Crippen LogP) is 0.865. The van der Waals surface area contributed by atoms with Crippen molar-refractivity contribution in [3.8, 4) is 0 Å². The van der Waals surface area contributed by atoms with Crippen LogP contribution >= 0.6 is 11.3 Å². The summed E-state index contributed by atoms with van der Waals surface area (Å²) < 4.78 is 26.0. The zero-order chi connectivity index (χ0) is 26.3. The Morgan fingerprint density at radius 2 is 2.08 bits per heavy atom. The van der Waals surface area contributed by atoms with Crippen molar-refractivity contribution < 1.29 is 22.8 Å². The molecule has 0 saturated carbocycles. The molecular weight excluding hydrogens is 504 g/mol. The van der Waals surface area contributed by atoms with Crippen LogP contribution in [0.25, 0.3) is 0 Å². The van der Waals surface area contributed by atoms with Crippen molar-refractivity contribution in [3.63, 3.8) is 0 Å². The highest BCUT2D eigenvalue weighted by Crippen LogP contribution is 2.27. The number of hydrogen-bond acceptors (Lipinski definition) is 8. The van der Waals surface area contributed by atoms with E-state index in [1.54, 1.807) is 24.4 Å². The van der Waals surface area contributed by atoms with Gasteiger partial charge in [0.05, 0.1) is 18.1 Å². The number of carbonyl (C=O) groups is 3. The van der Waals surface area contributed by atoms with E-state index >= 15 is 0 Å². The number of ketones is 1. The largest absolute Gasteiger partial charge is 0.388 e. The Kier molecular flexibility index (Phi) is 9.29. The lowest BCUT2D eigenvalue weighted by molar-refractivity contribution is -0.124. The summed E-state index contributed by atoms with van der Waals surface area (Å²) in [6.07, 6.45) is 4.03. The van der Waals surface area contributed by atoms with Gasteiger partial charge in [-0.1, -0.05) is 18.2 Å². The molecule has 0 fully saturated rings. The molecule has 0 saturated heterocycles. The summed E-state index contributed by atoms with van der Waals surface area (Å²) >= 11 is 1.18. The van der Waals surface area contributed by atoms with Gasteiger partial charge in [0.25, 0.3) is 0 Å². The fraction of sp³-hybridized carbons (Fsp3) is 0.435. The second kappa shape index (κ2) is 12.2. The van der Waals surface area contributed by atoms with Crippen molar-refractivity contribution >= 4 is 50.5 Å². The monoisotopic (exact) mass is 534 g/mol. The number of hydrogen-bond donors (Lipinski definition) is 3. The van der Waals surface area contributed by atoms with Gasteiger partial charge < -0.3 is 16.0 Å². The highest BCUT2D eigenvalue weighted by Gasteiger charge is 2.34. The number of aryl methyl sites for hydroxylation is 1. The highest BCUT2D eigenvalue weighted by molar-refractivity contribution is 7.88. The van der Waals surface area contributed by atoms with Crippen LogP contribution in [0.3, 0.4) is 0 Å². The fourth-order valence-electron chi connectivity index (χ4n) is 3.94. The average molecular weight is 535 g/mol. The number of amides is 2. The Bertz CT molecular complexity index is 1230. The molecule has 1 aliphatic heterocycles. The number of carbonyl (C=O) groups excluding carboxylic acids is 3. The quantitative estimate of drug-likeness (QED) is 0.167. The van der Waals surface area contributed by atoms with E-state index in [1.165, 1.54) is 22.4 Å². The third-order valence-electron chi connectivity index (χ3n) is 5.51. The molecule has 4 N–H and O–H groups in total. The normalized spacial score (nSPS) is 17.3. The van der Waals surface area contributed by atoms with Crippen LogP contribution in [-0.2, 0) is 26.0 Å². The maximum absolute atomic E-state index is 13.3. The van der Waals surface area contributed by atoms with Crippen LogP contribution in [0.15, 0.2) is 40.8 Å². The van der Waals surface area contributed by atoms with Gasteiger partial charge in [-0.3, -0.25) is 19.4 Å². The van der Waals surface area contributed by atoms with Gasteiger partial charge in [-0.25, -0.2) is 18.1 Å². The van der Waals surface area contributed by atoms with Crippen LogP contribution in [0, 0.1) is 0 Å². The molecule has 2 atom stereocenters. The molecule has 0 aliphatic carbocycles. The first-order valence-corrected chi connectivity index (χ1v) is 14.2. The van der Waals surface area contributed by atoms with E-state index in [9.17, 15) is 22.8 Å². The molecule has 2 heterocycles. The van der Waals surface area contributed by atoms with E-state index in [1.807, 2.05) is 12.1 Å². The Morgan fingerprint density at radius 3 is 2.75 bits per heavy atom. The smallest absolute Gasteiger partial charge is 0.245 e. The second-order valence-corrected chi connectivity index (χ2v) is 11.2. The van der Waals surface area contributed by atoms with Gasteiger partial charge in [0.15, 0.2) is 5.01 Å². The lowest BCUT2D eigenvalue weighted by Gasteiger charge is -2.26. The Labute approximate surface area is 214 Å². The zero-order valence-corrected chi connectivity index (χ0v) is 21.8. The summed E-state index contributed by atoms with van der Waals surface area (Å²) in [5.41, 5.74) is 6.92. The number of nitrogens with zero attached hydrogens (tertiary/aromatic N) is 3. The number of benzene rings is 1. The topological polar surface area (TPSA) is 164 Å². The predicted molar refractivity (Wildman–Crippen MR) is 139 cm³/mol. The van der Waals surface area contributed by atoms with E-state index in [-0.39, 0.29) is 23.8 Å². The van der Waals surface area contributed by atoms with Gasteiger partial charge in [-0.05, 0) is 44.2 Å². The summed E-state index contributed by atoms with van der Waals surface area (Å²) in [7, 11) is -3.65. The summed E-state index contributed by atoms with van der Waals surface area (Å²) in [5, 5.41) is 4.69. The van der Waals surface area contributed by atoms with Crippen molar-refractivity contribution in [1.29, 1.82) is 0 Å². The number of aliphatic imine (C=N–C) groups is 1. The summed E-state index contributed by atoms with van der Waals surface area (Å²) in [4.78, 5) is 48.9. The molecule has 11 nitrogen and oxygen atoms in total. The second-order valence-electron chi connectivity index (χ2n) is 8.52. The van der Waals surface area contributed by atoms with Gasteiger partial charge in [0.1, 0.15) is 12.6 Å². The Morgan fingerprint density at radius 1 is 1.33 bits per heavy atom. The number of anilines is 1. The Balaban J connectivity index is 1.80. The number of nitrogens with two attached hydrogens (primary N) is 1. The van der Waals surface area contributed by atoms with Crippen molar-refractivity contribution in [2.24, 2.45) is 10.7 Å². The van der Waals surface area contributed by atoms with Gasteiger partial charge in [-0.2, -0.15) is 0 Å². The van der Waals surface area contributed by atoms with E-state index in [0.29, 0.717) is 37.3 Å². The molecule has 13 heteroatoms. The molecule has 0 radical (unpaired) electrons.